The summed E-state index contributed by atoms with van der Waals surface area (Å²) in [4.78, 5) is 29.4. The molecule has 4 atom stereocenters. The van der Waals surface area contributed by atoms with Crippen LogP contribution in [0.4, 0.5) is 13.2 Å². The minimum absolute atomic E-state index is 0.00654. The van der Waals surface area contributed by atoms with Gasteiger partial charge in [0.25, 0.3) is 5.91 Å². The molecule has 3 fully saturated rings. The van der Waals surface area contributed by atoms with E-state index in [2.05, 4.69) is 11.8 Å². The zero-order chi connectivity index (χ0) is 29.8. The van der Waals surface area contributed by atoms with E-state index in [4.69, 9.17) is 9.47 Å². The summed E-state index contributed by atoms with van der Waals surface area (Å²) in [5.41, 5.74) is 0.443. The van der Waals surface area contributed by atoms with Gasteiger partial charge in [-0.05, 0) is 98.7 Å². The number of benzene rings is 2. The molecule has 0 radical (unpaired) electrons. The molecule has 1 aliphatic carbocycles. The third kappa shape index (κ3) is 5.39. The monoisotopic (exact) mass is 586 g/mol. The Morgan fingerprint density at radius 2 is 1.88 bits per heavy atom. The summed E-state index contributed by atoms with van der Waals surface area (Å²) >= 11 is 0. The molecule has 3 aliphatic heterocycles. The maximum absolute atomic E-state index is 14.0. The standard InChI is InChI=1S/C32H37F3N2O5/c1-19-12-25(32(33,34)35)14-23-16-37(18-41-28(19)23)30(40)31(24-6-7-24)10-8-26(17-42-31)36-11-9-27(20(2)15-36)21-4-3-5-22(13-21)29(38)39/h3-5,12-14,20,24,26-27H,6-11,15-18H2,1-2H3,(H,38,39)/t20-,26+,27?,31-/m0/s1. The van der Waals surface area contributed by atoms with Crippen LogP contribution in [0.3, 0.4) is 0 Å². The molecule has 4 aliphatic rings. The molecule has 0 bridgehead atoms. The van der Waals surface area contributed by atoms with Gasteiger partial charge in [0.2, 0.25) is 0 Å². The quantitative estimate of drug-likeness (QED) is 0.474. The number of carbonyl (C=O) groups is 2. The van der Waals surface area contributed by atoms with Crippen molar-refractivity contribution in [3.05, 3.63) is 64.2 Å². The van der Waals surface area contributed by atoms with Crippen molar-refractivity contribution in [2.24, 2.45) is 11.8 Å². The van der Waals surface area contributed by atoms with Crippen LogP contribution in [-0.4, -0.2) is 64.9 Å². The highest BCUT2D eigenvalue weighted by atomic mass is 19.4. The Hall–Kier alpha value is -3.11. The van der Waals surface area contributed by atoms with Crippen LogP contribution in [0.5, 0.6) is 5.75 Å². The van der Waals surface area contributed by atoms with Crippen molar-refractivity contribution >= 4 is 11.9 Å². The van der Waals surface area contributed by atoms with Gasteiger partial charge in [0, 0.05) is 18.2 Å². The smallest absolute Gasteiger partial charge is 0.416 e. The number of carboxylic acid groups (broad SMARTS) is 1. The summed E-state index contributed by atoms with van der Waals surface area (Å²) in [6.07, 6.45) is -0.389. The Morgan fingerprint density at radius 1 is 1.10 bits per heavy atom. The molecule has 0 aromatic heterocycles. The van der Waals surface area contributed by atoms with E-state index >= 15 is 0 Å². The van der Waals surface area contributed by atoms with Gasteiger partial charge < -0.3 is 19.5 Å². The SMILES string of the molecule is Cc1cc(C(F)(F)F)cc2c1OCN(C(=O)[C@@]1(C3CC3)CC[C@@H](N3CCC(c4cccc(C(=O)O)c4)[C@@H](C)C3)CO1)C2. The number of piperidine rings is 1. The molecule has 0 spiro atoms. The molecule has 10 heteroatoms. The van der Waals surface area contributed by atoms with E-state index in [-0.39, 0.29) is 37.1 Å². The zero-order valence-electron chi connectivity index (χ0n) is 24.0. The second-order valence-electron chi connectivity index (χ2n) is 12.5. The molecule has 1 amide bonds. The molecule has 42 heavy (non-hydrogen) atoms. The normalized spacial score (nSPS) is 28.6. The Labute approximate surface area is 243 Å². The van der Waals surface area contributed by atoms with Crippen LogP contribution in [0.1, 0.15) is 77.6 Å². The average molecular weight is 587 g/mol. The van der Waals surface area contributed by atoms with Crippen LogP contribution < -0.4 is 4.74 Å². The van der Waals surface area contributed by atoms with Crippen molar-refractivity contribution in [3.8, 4) is 5.75 Å². The number of aryl methyl sites for hydroxylation is 1. The van der Waals surface area contributed by atoms with Crippen LogP contribution in [0.25, 0.3) is 0 Å². The van der Waals surface area contributed by atoms with Crippen molar-refractivity contribution in [3.63, 3.8) is 0 Å². The van der Waals surface area contributed by atoms with E-state index < -0.39 is 23.3 Å². The van der Waals surface area contributed by atoms with E-state index in [0.717, 1.165) is 56.5 Å². The van der Waals surface area contributed by atoms with Crippen LogP contribution >= 0.6 is 0 Å². The largest absolute Gasteiger partial charge is 0.478 e. The number of likely N-dealkylation sites (tertiary alicyclic amines) is 1. The molecule has 2 saturated heterocycles. The molecule has 3 heterocycles. The molecule has 2 aromatic carbocycles. The summed E-state index contributed by atoms with van der Waals surface area (Å²) in [7, 11) is 0. The number of ether oxygens (including phenoxy) is 2. The Kier molecular flexibility index (Phi) is 7.50. The first-order valence-electron chi connectivity index (χ1n) is 14.8. The number of hydrogen-bond donors (Lipinski definition) is 1. The second kappa shape index (κ2) is 10.9. The topological polar surface area (TPSA) is 79.3 Å². The van der Waals surface area contributed by atoms with Gasteiger partial charge in [-0.25, -0.2) is 4.79 Å². The van der Waals surface area contributed by atoms with Crippen LogP contribution in [-0.2, 0) is 22.3 Å². The molecule has 1 N–H and O–H groups in total. The van der Waals surface area contributed by atoms with Crippen molar-refractivity contribution in [2.75, 3.05) is 26.4 Å². The highest BCUT2D eigenvalue weighted by Crippen LogP contribution is 2.49. The van der Waals surface area contributed by atoms with Crippen molar-refractivity contribution in [2.45, 2.75) is 76.2 Å². The van der Waals surface area contributed by atoms with Crippen molar-refractivity contribution in [1.29, 1.82) is 0 Å². The molecule has 7 nitrogen and oxygen atoms in total. The number of aromatic carboxylic acids is 1. The summed E-state index contributed by atoms with van der Waals surface area (Å²) in [6.45, 7) is 6.00. The summed E-state index contributed by atoms with van der Waals surface area (Å²) in [6, 6.07) is 9.57. The predicted octanol–water partition coefficient (Wildman–Crippen LogP) is 5.84. The first-order chi connectivity index (χ1) is 20.0. The fourth-order valence-electron chi connectivity index (χ4n) is 7.32. The molecule has 1 unspecified atom stereocenters. The fourth-order valence-corrected chi connectivity index (χ4v) is 7.32. The lowest BCUT2D eigenvalue weighted by Gasteiger charge is -2.47. The fraction of sp³-hybridized carbons (Fsp3) is 0.562. The Bertz CT molecular complexity index is 1370. The number of alkyl halides is 3. The van der Waals surface area contributed by atoms with Gasteiger partial charge in [0.05, 0.1) is 24.3 Å². The third-order valence-corrected chi connectivity index (χ3v) is 9.69. The highest BCUT2D eigenvalue weighted by Gasteiger charge is 2.56. The lowest BCUT2D eigenvalue weighted by molar-refractivity contribution is -0.180. The maximum atomic E-state index is 14.0. The van der Waals surface area contributed by atoms with Crippen molar-refractivity contribution in [1.82, 2.24) is 9.80 Å². The van der Waals surface area contributed by atoms with Crippen LogP contribution in [0, 0.1) is 18.8 Å². The minimum Gasteiger partial charge on any atom is -0.478 e. The number of fused-ring (bicyclic) bond motifs is 1. The van der Waals surface area contributed by atoms with Crippen molar-refractivity contribution < 1.29 is 37.3 Å². The van der Waals surface area contributed by atoms with Gasteiger partial charge in [0.1, 0.15) is 11.4 Å². The molecule has 6 rings (SSSR count). The lowest BCUT2D eigenvalue weighted by atomic mass is 9.79. The predicted molar refractivity (Wildman–Crippen MR) is 148 cm³/mol. The van der Waals surface area contributed by atoms with Gasteiger partial charge in [-0.2, -0.15) is 13.2 Å². The number of hydrogen-bond acceptors (Lipinski definition) is 5. The van der Waals surface area contributed by atoms with Gasteiger partial charge in [-0.3, -0.25) is 9.69 Å². The maximum Gasteiger partial charge on any atom is 0.416 e. The van der Waals surface area contributed by atoms with Gasteiger partial charge >= 0.3 is 12.1 Å². The van der Waals surface area contributed by atoms with E-state index in [9.17, 15) is 27.9 Å². The van der Waals surface area contributed by atoms with E-state index in [1.807, 2.05) is 12.1 Å². The highest BCUT2D eigenvalue weighted by molar-refractivity contribution is 5.88. The van der Waals surface area contributed by atoms with Crippen LogP contribution in [0.2, 0.25) is 0 Å². The molecule has 2 aromatic rings. The molecule has 226 valence electrons. The van der Waals surface area contributed by atoms with Gasteiger partial charge in [-0.15, -0.1) is 0 Å². The number of halogens is 3. The van der Waals surface area contributed by atoms with E-state index in [0.29, 0.717) is 41.4 Å². The first kappa shape index (κ1) is 29.0. The van der Waals surface area contributed by atoms with E-state index in [1.165, 1.54) is 4.90 Å². The average Bonchev–Trinajstić information content (AvgIpc) is 3.82. The number of nitrogens with zero attached hydrogens (tertiary/aromatic N) is 2. The molecule has 1 saturated carbocycles. The lowest BCUT2D eigenvalue weighted by Crippen LogP contribution is -2.59. The zero-order valence-corrected chi connectivity index (χ0v) is 24.0. The Morgan fingerprint density at radius 3 is 2.52 bits per heavy atom. The molecular formula is C32H37F3N2O5. The van der Waals surface area contributed by atoms with E-state index in [1.54, 1.807) is 19.1 Å². The number of rotatable bonds is 5. The summed E-state index contributed by atoms with van der Waals surface area (Å²) in [5.74, 6) is 0.0352. The minimum atomic E-state index is -4.47. The van der Waals surface area contributed by atoms with Crippen LogP contribution in [0.15, 0.2) is 36.4 Å². The second-order valence-corrected chi connectivity index (χ2v) is 12.5. The first-order valence-corrected chi connectivity index (χ1v) is 14.8. The number of carbonyl (C=O) groups excluding carboxylic acids is 1. The van der Waals surface area contributed by atoms with Gasteiger partial charge in [0.15, 0.2) is 6.73 Å². The molecular weight excluding hydrogens is 549 g/mol. The third-order valence-electron chi connectivity index (χ3n) is 9.69. The summed E-state index contributed by atoms with van der Waals surface area (Å²) in [5, 5.41) is 9.39. The Balaban J connectivity index is 1.11. The number of carboxylic acids is 1. The summed E-state index contributed by atoms with van der Waals surface area (Å²) < 4.78 is 52.7. The number of amides is 1. The van der Waals surface area contributed by atoms with Gasteiger partial charge in [-0.1, -0.05) is 19.1 Å².